The van der Waals surface area contributed by atoms with Crippen molar-refractivity contribution in [2.24, 2.45) is 5.41 Å². The van der Waals surface area contributed by atoms with Crippen LogP contribution in [-0.2, 0) is 0 Å². The fourth-order valence-electron chi connectivity index (χ4n) is 3.35. The van der Waals surface area contributed by atoms with Crippen LogP contribution in [0.1, 0.15) is 44.7 Å². The predicted octanol–water partition coefficient (Wildman–Crippen LogP) is 4.12. The second-order valence-corrected chi connectivity index (χ2v) is 8.49. The summed E-state index contributed by atoms with van der Waals surface area (Å²) in [5, 5.41) is 0.335. The van der Waals surface area contributed by atoms with Crippen molar-refractivity contribution in [2.75, 3.05) is 37.6 Å². The van der Waals surface area contributed by atoms with E-state index in [4.69, 9.17) is 11.6 Å². The number of imidazole rings is 1. The first-order valence-corrected chi connectivity index (χ1v) is 9.45. The summed E-state index contributed by atoms with van der Waals surface area (Å²) in [6, 6.07) is 1.64. The van der Waals surface area contributed by atoms with Gasteiger partial charge >= 0.3 is 0 Å². The molecule has 1 aliphatic rings. The first-order chi connectivity index (χ1) is 12.2. The smallest absolute Gasteiger partial charge is 0.198 e. The maximum atomic E-state index is 15.2. The highest BCUT2D eigenvalue weighted by molar-refractivity contribution is 6.34. The zero-order chi connectivity index (χ0) is 19.1. The molecule has 0 aliphatic carbocycles. The standard InChI is InChI=1S/C19H26ClFN4O/c1-5-24-6-8-25(9-7-24)17-12(20)10-13-16(15(17)21)23-18(22-13)14(26)11-19(2,3)4/h10H,5-9,11H2,1-4H3,(H,22,23). The summed E-state index contributed by atoms with van der Waals surface area (Å²) in [6.45, 7) is 12.3. The van der Waals surface area contributed by atoms with Crippen LogP contribution in [0.25, 0.3) is 11.0 Å². The molecule has 2 heterocycles. The molecule has 1 N–H and O–H groups in total. The molecule has 1 aromatic heterocycles. The molecule has 0 atom stereocenters. The minimum Gasteiger partial charge on any atom is -0.365 e. The van der Waals surface area contributed by atoms with E-state index in [1.807, 2.05) is 25.7 Å². The van der Waals surface area contributed by atoms with Crippen molar-refractivity contribution >= 4 is 34.1 Å². The zero-order valence-electron chi connectivity index (χ0n) is 15.8. The average molecular weight is 381 g/mol. The molecular formula is C19H26ClFN4O. The van der Waals surface area contributed by atoms with E-state index >= 15 is 4.39 Å². The van der Waals surface area contributed by atoms with Crippen molar-refractivity contribution in [3.8, 4) is 0 Å². The quantitative estimate of drug-likeness (QED) is 0.811. The van der Waals surface area contributed by atoms with E-state index in [1.165, 1.54) is 0 Å². The minimum atomic E-state index is -0.431. The lowest BCUT2D eigenvalue weighted by atomic mass is 9.90. The monoisotopic (exact) mass is 380 g/mol. The number of aromatic nitrogens is 2. The molecule has 0 saturated carbocycles. The van der Waals surface area contributed by atoms with Gasteiger partial charge in [-0.25, -0.2) is 9.37 Å². The maximum absolute atomic E-state index is 15.2. The van der Waals surface area contributed by atoms with Crippen molar-refractivity contribution in [2.45, 2.75) is 34.1 Å². The molecule has 3 rings (SSSR count). The summed E-state index contributed by atoms with van der Waals surface area (Å²) in [5.74, 6) is -0.361. The summed E-state index contributed by atoms with van der Waals surface area (Å²) in [7, 11) is 0. The number of Topliss-reactive ketones (excluding diaryl/α,β-unsaturated/α-hetero) is 1. The maximum Gasteiger partial charge on any atom is 0.198 e. The average Bonchev–Trinajstić information content (AvgIpc) is 2.98. The predicted molar refractivity (Wildman–Crippen MR) is 104 cm³/mol. The molecule has 2 aromatic rings. The Hall–Kier alpha value is -1.66. The van der Waals surface area contributed by atoms with E-state index in [0.29, 0.717) is 22.6 Å². The Morgan fingerprint density at radius 2 is 1.96 bits per heavy atom. The summed E-state index contributed by atoms with van der Waals surface area (Å²) in [6.07, 6.45) is 0.341. The van der Waals surface area contributed by atoms with Gasteiger partial charge in [-0.05, 0) is 18.0 Å². The normalized spacial score (nSPS) is 16.5. The number of benzene rings is 1. The number of carbonyl (C=O) groups is 1. The van der Waals surface area contributed by atoms with E-state index < -0.39 is 5.82 Å². The highest BCUT2D eigenvalue weighted by Gasteiger charge is 2.26. The van der Waals surface area contributed by atoms with Gasteiger partial charge in [0.25, 0.3) is 0 Å². The van der Waals surface area contributed by atoms with Crippen LogP contribution in [0.2, 0.25) is 5.02 Å². The molecule has 1 aliphatic heterocycles. The Balaban J connectivity index is 1.93. The van der Waals surface area contributed by atoms with E-state index in [-0.39, 0.29) is 22.5 Å². The topological polar surface area (TPSA) is 52.2 Å². The van der Waals surface area contributed by atoms with Crippen molar-refractivity contribution < 1.29 is 9.18 Å². The summed E-state index contributed by atoms with van der Waals surface area (Å²) in [4.78, 5) is 23.9. The molecule has 0 amide bonds. The number of carbonyl (C=O) groups excluding carboxylic acids is 1. The Kier molecular flexibility index (Phi) is 5.26. The van der Waals surface area contributed by atoms with Gasteiger partial charge in [0.1, 0.15) is 5.52 Å². The van der Waals surface area contributed by atoms with Gasteiger partial charge in [-0.1, -0.05) is 39.3 Å². The lowest BCUT2D eigenvalue weighted by Gasteiger charge is -2.36. The number of hydrogen-bond donors (Lipinski definition) is 1. The Labute approximate surface area is 158 Å². The van der Waals surface area contributed by atoms with Gasteiger partial charge in [0, 0.05) is 32.6 Å². The number of halogens is 2. The SMILES string of the molecule is CCN1CCN(c2c(Cl)cc3nc(C(=O)CC(C)(C)C)[nH]c3c2F)CC1. The Morgan fingerprint density at radius 1 is 1.31 bits per heavy atom. The number of H-pyrrole nitrogens is 1. The number of nitrogens with one attached hydrogen (secondary N) is 1. The first-order valence-electron chi connectivity index (χ1n) is 9.08. The van der Waals surface area contributed by atoms with Crippen molar-refractivity contribution in [1.82, 2.24) is 14.9 Å². The molecular weight excluding hydrogens is 355 g/mol. The molecule has 1 saturated heterocycles. The largest absolute Gasteiger partial charge is 0.365 e. The van der Waals surface area contributed by atoms with Gasteiger partial charge in [-0.3, -0.25) is 4.79 Å². The summed E-state index contributed by atoms with van der Waals surface area (Å²) >= 11 is 6.37. The van der Waals surface area contributed by atoms with Crippen molar-refractivity contribution in [3.63, 3.8) is 0 Å². The number of anilines is 1. The molecule has 1 fully saturated rings. The molecule has 1 aromatic carbocycles. The second kappa shape index (κ2) is 7.16. The fraction of sp³-hybridized carbons (Fsp3) is 0.579. The van der Waals surface area contributed by atoms with Gasteiger partial charge < -0.3 is 14.8 Å². The molecule has 5 nitrogen and oxygen atoms in total. The van der Waals surface area contributed by atoms with Crippen molar-refractivity contribution in [3.05, 3.63) is 22.7 Å². The third-order valence-electron chi connectivity index (χ3n) is 4.74. The van der Waals surface area contributed by atoms with E-state index in [1.54, 1.807) is 6.07 Å². The van der Waals surface area contributed by atoms with Gasteiger partial charge in [0.15, 0.2) is 17.4 Å². The lowest BCUT2D eigenvalue weighted by Crippen LogP contribution is -2.46. The summed E-state index contributed by atoms with van der Waals surface area (Å²) in [5.41, 5.74) is 0.879. The summed E-state index contributed by atoms with van der Waals surface area (Å²) < 4.78 is 15.2. The number of hydrogen-bond acceptors (Lipinski definition) is 4. The van der Waals surface area contributed by atoms with Crippen LogP contribution in [0, 0.1) is 11.2 Å². The number of likely N-dealkylation sites (N-methyl/N-ethyl adjacent to an activating group) is 1. The number of piperazine rings is 1. The van der Waals surface area contributed by atoms with Gasteiger partial charge in [0.2, 0.25) is 0 Å². The van der Waals surface area contributed by atoms with Crippen LogP contribution >= 0.6 is 11.6 Å². The molecule has 0 spiro atoms. The van der Waals surface area contributed by atoms with E-state index in [0.717, 1.165) is 32.7 Å². The van der Waals surface area contributed by atoms with Crippen LogP contribution in [0.4, 0.5) is 10.1 Å². The third kappa shape index (κ3) is 3.86. The number of ketones is 1. The van der Waals surface area contributed by atoms with E-state index in [2.05, 4.69) is 21.8 Å². The minimum absolute atomic E-state index is 0.123. The highest BCUT2D eigenvalue weighted by atomic mass is 35.5. The molecule has 142 valence electrons. The van der Waals surface area contributed by atoms with E-state index in [9.17, 15) is 4.79 Å². The highest BCUT2D eigenvalue weighted by Crippen LogP contribution is 2.35. The second-order valence-electron chi connectivity index (χ2n) is 8.08. The van der Waals surface area contributed by atoms with Crippen LogP contribution < -0.4 is 4.90 Å². The molecule has 0 bridgehead atoms. The number of fused-ring (bicyclic) bond motifs is 1. The van der Waals surface area contributed by atoms with Gasteiger partial charge in [-0.15, -0.1) is 0 Å². The lowest BCUT2D eigenvalue weighted by molar-refractivity contribution is 0.0931. The number of rotatable bonds is 4. The first kappa shape index (κ1) is 19.1. The molecule has 7 heteroatoms. The van der Waals surface area contributed by atoms with Crippen molar-refractivity contribution in [1.29, 1.82) is 0 Å². The van der Waals surface area contributed by atoms with Crippen LogP contribution in [0.5, 0.6) is 0 Å². The Bertz CT molecular complexity index is 819. The van der Waals surface area contributed by atoms with Gasteiger partial charge in [0.05, 0.1) is 16.2 Å². The number of nitrogens with zero attached hydrogens (tertiary/aromatic N) is 3. The Morgan fingerprint density at radius 3 is 2.54 bits per heavy atom. The van der Waals surface area contributed by atoms with Gasteiger partial charge in [-0.2, -0.15) is 0 Å². The molecule has 0 unspecified atom stereocenters. The van der Waals surface area contributed by atoms with Crippen LogP contribution in [0.15, 0.2) is 6.07 Å². The fourth-order valence-corrected chi connectivity index (χ4v) is 3.65. The third-order valence-corrected chi connectivity index (χ3v) is 5.03. The van der Waals surface area contributed by atoms with Crippen LogP contribution in [-0.4, -0.2) is 53.4 Å². The number of aromatic amines is 1. The zero-order valence-corrected chi connectivity index (χ0v) is 16.6. The molecule has 0 radical (unpaired) electrons. The molecule has 26 heavy (non-hydrogen) atoms. The van der Waals surface area contributed by atoms with Crippen LogP contribution in [0.3, 0.4) is 0 Å².